The van der Waals surface area contributed by atoms with E-state index >= 15 is 0 Å². The van der Waals surface area contributed by atoms with Crippen LogP contribution in [-0.4, -0.2) is 28.9 Å². The first-order valence-corrected chi connectivity index (χ1v) is 7.09. The molecular weight excluding hydrogens is 266 g/mol. The number of nitro groups is 1. The van der Waals surface area contributed by atoms with E-state index < -0.39 is 10.8 Å². The van der Waals surface area contributed by atoms with Crippen LogP contribution in [0.3, 0.4) is 0 Å². The molecule has 0 aliphatic rings. The first-order chi connectivity index (χ1) is 8.95. The molecule has 0 bridgehead atoms. The molecule has 0 aromatic heterocycles. The topological polar surface area (TPSA) is 98.3 Å². The molecule has 1 atom stereocenters. The molecule has 0 radical (unpaired) electrons. The number of nitrogens with two attached hydrogens (primary N) is 1. The first-order valence-electron chi connectivity index (χ1n) is 5.80. The Kier molecular flexibility index (Phi) is 5.62. The van der Waals surface area contributed by atoms with E-state index in [4.69, 9.17) is 5.73 Å². The minimum Gasteiger partial charge on any atom is -0.379 e. The third-order valence-corrected chi connectivity index (χ3v) is 3.79. The fourth-order valence-corrected chi connectivity index (χ4v) is 1.87. The van der Waals surface area contributed by atoms with Crippen LogP contribution < -0.4 is 11.1 Å². The van der Waals surface area contributed by atoms with Crippen LogP contribution in [0.1, 0.15) is 23.7 Å². The molecule has 0 spiro atoms. The number of hydrogen-bond acceptors (Lipinski definition) is 5. The van der Waals surface area contributed by atoms with Crippen LogP contribution in [0.15, 0.2) is 18.2 Å². The molecule has 0 saturated carbocycles. The van der Waals surface area contributed by atoms with Crippen molar-refractivity contribution in [2.45, 2.75) is 18.6 Å². The van der Waals surface area contributed by atoms with Crippen LogP contribution in [-0.2, 0) is 0 Å². The van der Waals surface area contributed by atoms with Gasteiger partial charge in [-0.05, 0) is 24.8 Å². The highest BCUT2D eigenvalue weighted by molar-refractivity contribution is 7.99. The van der Waals surface area contributed by atoms with Gasteiger partial charge >= 0.3 is 0 Å². The third kappa shape index (κ3) is 4.44. The number of thioether (sulfide) groups is 1. The van der Waals surface area contributed by atoms with Crippen LogP contribution in [0.25, 0.3) is 0 Å². The predicted octanol–water partition coefficient (Wildman–Crippen LogP) is 2.25. The van der Waals surface area contributed by atoms with E-state index in [-0.39, 0.29) is 11.3 Å². The lowest BCUT2D eigenvalue weighted by Gasteiger charge is -2.10. The maximum absolute atomic E-state index is 11.0. The molecule has 3 N–H and O–H groups in total. The van der Waals surface area contributed by atoms with Gasteiger partial charge in [-0.3, -0.25) is 14.9 Å². The lowest BCUT2D eigenvalue weighted by molar-refractivity contribution is -0.384. The van der Waals surface area contributed by atoms with Gasteiger partial charge in [-0.2, -0.15) is 11.8 Å². The maximum atomic E-state index is 11.0. The van der Waals surface area contributed by atoms with Crippen molar-refractivity contribution in [3.05, 3.63) is 33.9 Å². The Morgan fingerprint density at radius 3 is 2.79 bits per heavy atom. The van der Waals surface area contributed by atoms with Gasteiger partial charge in [-0.1, -0.05) is 6.92 Å². The van der Waals surface area contributed by atoms with Gasteiger partial charge in [-0.15, -0.1) is 0 Å². The number of nitrogens with one attached hydrogen (secondary N) is 1. The van der Waals surface area contributed by atoms with Crippen molar-refractivity contribution in [1.82, 2.24) is 0 Å². The summed E-state index contributed by atoms with van der Waals surface area (Å²) in [6.45, 7) is 2.73. The number of hydrogen-bond donors (Lipinski definition) is 2. The summed E-state index contributed by atoms with van der Waals surface area (Å²) in [5.74, 6) is -0.675. The molecule has 104 valence electrons. The molecule has 6 nitrogen and oxygen atoms in total. The molecular formula is C12H17N3O3S. The Morgan fingerprint density at radius 1 is 1.58 bits per heavy atom. The zero-order valence-corrected chi connectivity index (χ0v) is 11.7. The number of carbonyl (C=O) groups is 1. The van der Waals surface area contributed by atoms with Crippen LogP contribution in [0.2, 0.25) is 0 Å². The van der Waals surface area contributed by atoms with E-state index in [9.17, 15) is 14.9 Å². The van der Waals surface area contributed by atoms with Crippen molar-refractivity contribution in [2.75, 3.05) is 18.1 Å². The lowest BCUT2D eigenvalue weighted by atomic mass is 10.1. The monoisotopic (exact) mass is 283 g/mol. The second kappa shape index (κ2) is 6.98. The van der Waals surface area contributed by atoms with Crippen LogP contribution in [0, 0.1) is 10.1 Å². The van der Waals surface area contributed by atoms with Crippen LogP contribution in [0.5, 0.6) is 0 Å². The quantitative estimate of drug-likeness (QED) is 0.590. The van der Waals surface area contributed by atoms with Gasteiger partial charge in [0, 0.05) is 23.4 Å². The van der Waals surface area contributed by atoms with Gasteiger partial charge in [0.05, 0.1) is 4.92 Å². The highest BCUT2D eigenvalue weighted by atomic mass is 32.2. The highest BCUT2D eigenvalue weighted by Gasteiger charge is 2.16. The van der Waals surface area contributed by atoms with Crippen molar-refractivity contribution in [2.24, 2.45) is 5.73 Å². The van der Waals surface area contributed by atoms with Crippen LogP contribution >= 0.6 is 11.8 Å². The van der Waals surface area contributed by atoms with Crippen molar-refractivity contribution in [3.63, 3.8) is 0 Å². The Balaban J connectivity index is 2.82. The minimum absolute atomic E-state index is 0.131. The SMILES string of the molecule is CSC(C)CCNc1ccc(C(N)=O)cc1[N+](=O)[O-]. The van der Waals surface area contributed by atoms with E-state index in [0.717, 1.165) is 6.42 Å². The summed E-state index contributed by atoms with van der Waals surface area (Å²) in [5.41, 5.74) is 5.51. The number of benzene rings is 1. The lowest BCUT2D eigenvalue weighted by Crippen LogP contribution is -2.13. The van der Waals surface area contributed by atoms with Gasteiger partial charge in [0.25, 0.3) is 5.69 Å². The molecule has 7 heteroatoms. The van der Waals surface area contributed by atoms with E-state index in [1.165, 1.54) is 18.2 Å². The number of primary amides is 1. The second-order valence-electron chi connectivity index (χ2n) is 4.12. The zero-order valence-electron chi connectivity index (χ0n) is 10.9. The van der Waals surface area contributed by atoms with Gasteiger partial charge < -0.3 is 11.1 Å². The number of anilines is 1. The van der Waals surface area contributed by atoms with Crippen molar-refractivity contribution >= 4 is 29.0 Å². The summed E-state index contributed by atoms with van der Waals surface area (Å²) in [6, 6.07) is 4.19. The molecule has 1 aromatic carbocycles. The average Bonchev–Trinajstić information content (AvgIpc) is 2.38. The molecule has 0 heterocycles. The number of carbonyl (C=O) groups excluding carboxylic acids is 1. The van der Waals surface area contributed by atoms with Crippen molar-refractivity contribution in [3.8, 4) is 0 Å². The van der Waals surface area contributed by atoms with Crippen LogP contribution in [0.4, 0.5) is 11.4 Å². The third-order valence-electron chi connectivity index (χ3n) is 2.75. The van der Waals surface area contributed by atoms with E-state index in [1.807, 2.05) is 6.26 Å². The number of nitro benzene ring substituents is 1. The fourth-order valence-electron chi connectivity index (χ4n) is 1.51. The molecule has 1 rings (SSSR count). The fraction of sp³-hybridized carbons (Fsp3) is 0.417. The molecule has 1 unspecified atom stereocenters. The Morgan fingerprint density at radius 2 is 2.26 bits per heavy atom. The van der Waals surface area contributed by atoms with E-state index in [0.29, 0.717) is 17.5 Å². The number of amides is 1. The van der Waals surface area contributed by atoms with E-state index in [2.05, 4.69) is 12.2 Å². The average molecular weight is 283 g/mol. The largest absolute Gasteiger partial charge is 0.379 e. The minimum atomic E-state index is -0.675. The van der Waals surface area contributed by atoms with Gasteiger partial charge in [0.1, 0.15) is 5.69 Å². The van der Waals surface area contributed by atoms with Gasteiger partial charge in [0.2, 0.25) is 5.91 Å². The summed E-state index contributed by atoms with van der Waals surface area (Å²) < 4.78 is 0. The first kappa shape index (κ1) is 15.3. The van der Waals surface area contributed by atoms with E-state index in [1.54, 1.807) is 11.8 Å². The summed E-state index contributed by atoms with van der Waals surface area (Å²) >= 11 is 1.74. The van der Waals surface area contributed by atoms with Crippen molar-refractivity contribution in [1.29, 1.82) is 0 Å². The molecule has 0 aliphatic heterocycles. The van der Waals surface area contributed by atoms with Crippen molar-refractivity contribution < 1.29 is 9.72 Å². The number of rotatable bonds is 7. The standard InChI is InChI=1S/C12H17N3O3S/c1-8(19-2)5-6-14-10-4-3-9(12(13)16)7-11(10)15(17)18/h3-4,7-8,14H,5-6H2,1-2H3,(H2,13,16). The Bertz CT molecular complexity index is 479. The second-order valence-corrected chi connectivity index (χ2v) is 5.39. The highest BCUT2D eigenvalue weighted by Crippen LogP contribution is 2.25. The summed E-state index contributed by atoms with van der Waals surface area (Å²) in [6.07, 6.45) is 2.92. The summed E-state index contributed by atoms with van der Waals surface area (Å²) in [5, 5.41) is 14.5. The van der Waals surface area contributed by atoms with Gasteiger partial charge in [-0.25, -0.2) is 0 Å². The normalized spacial score (nSPS) is 11.9. The number of nitrogens with zero attached hydrogens (tertiary/aromatic N) is 1. The summed E-state index contributed by atoms with van der Waals surface area (Å²) in [7, 11) is 0. The summed E-state index contributed by atoms with van der Waals surface area (Å²) in [4.78, 5) is 21.4. The maximum Gasteiger partial charge on any atom is 0.293 e. The molecule has 1 aromatic rings. The van der Waals surface area contributed by atoms with Gasteiger partial charge in [0.15, 0.2) is 0 Å². The Labute approximate surface area is 115 Å². The molecule has 0 fully saturated rings. The zero-order chi connectivity index (χ0) is 14.4. The molecule has 19 heavy (non-hydrogen) atoms. The predicted molar refractivity (Wildman–Crippen MR) is 77.7 cm³/mol. The smallest absolute Gasteiger partial charge is 0.293 e. The molecule has 0 aliphatic carbocycles. The molecule has 0 saturated heterocycles. The molecule has 1 amide bonds. The Hall–Kier alpha value is -1.76.